The minimum atomic E-state index is -0.679. The molecule has 0 N–H and O–H groups in total. The Morgan fingerprint density at radius 2 is 1.73 bits per heavy atom. The molecule has 0 bridgehead atoms. The van der Waals surface area contributed by atoms with Crippen molar-refractivity contribution in [3.8, 4) is 0 Å². The molecule has 0 heterocycles. The summed E-state index contributed by atoms with van der Waals surface area (Å²) in [5, 5.41) is 11.5. The van der Waals surface area contributed by atoms with Crippen molar-refractivity contribution in [1.82, 2.24) is 0 Å². The molecule has 4 nitrogen and oxygen atoms in total. The number of alkyl halides is 1. The highest BCUT2D eigenvalue weighted by atomic mass is 79.9. The van der Waals surface area contributed by atoms with Crippen LogP contribution in [-0.2, 0) is 0 Å². The molecule has 2 atom stereocenters. The molecule has 0 fully saturated rings. The Labute approximate surface area is 141 Å². The lowest BCUT2D eigenvalue weighted by Crippen LogP contribution is -2.28. The van der Waals surface area contributed by atoms with Gasteiger partial charge in [0.1, 0.15) is 0 Å². The summed E-state index contributed by atoms with van der Waals surface area (Å²) in [6.07, 6.45) is 0. The molecular formula is C16H13BrClNO3. The molecule has 0 amide bonds. The summed E-state index contributed by atoms with van der Waals surface area (Å²) < 4.78 is 0. The summed E-state index contributed by atoms with van der Waals surface area (Å²) in [6.45, 7) is -0.320. The molecule has 0 radical (unpaired) electrons. The summed E-state index contributed by atoms with van der Waals surface area (Å²) in [7, 11) is 0. The number of Topliss-reactive ketones (excluding diaryl/α,β-unsaturated/α-hetero) is 1. The summed E-state index contributed by atoms with van der Waals surface area (Å²) in [5.74, 6) is -0.744. The van der Waals surface area contributed by atoms with Crippen LogP contribution in [0.4, 0.5) is 0 Å². The maximum atomic E-state index is 12.5. The molecule has 0 unspecified atom stereocenters. The lowest BCUT2D eigenvalue weighted by Gasteiger charge is -2.18. The van der Waals surface area contributed by atoms with E-state index in [0.29, 0.717) is 10.6 Å². The van der Waals surface area contributed by atoms with Crippen molar-refractivity contribution < 1.29 is 9.72 Å². The summed E-state index contributed by atoms with van der Waals surface area (Å²) >= 11 is 9.15. The van der Waals surface area contributed by atoms with Crippen molar-refractivity contribution in [2.75, 3.05) is 6.54 Å². The van der Waals surface area contributed by atoms with Crippen LogP contribution in [0.2, 0.25) is 5.02 Å². The van der Waals surface area contributed by atoms with Crippen LogP contribution in [0.25, 0.3) is 0 Å². The fourth-order valence-electron chi connectivity index (χ4n) is 2.18. The van der Waals surface area contributed by atoms with Gasteiger partial charge in [0, 0.05) is 15.5 Å². The summed E-state index contributed by atoms with van der Waals surface area (Å²) in [5.41, 5.74) is 1.22. The number of ketones is 1. The Morgan fingerprint density at radius 3 is 2.27 bits per heavy atom. The quantitative estimate of drug-likeness (QED) is 0.323. The third-order valence-corrected chi connectivity index (χ3v) is 4.61. The fraction of sp³-hybridized carbons (Fsp3) is 0.188. The van der Waals surface area contributed by atoms with E-state index in [0.717, 1.165) is 5.56 Å². The van der Waals surface area contributed by atoms with E-state index in [2.05, 4.69) is 15.9 Å². The first-order chi connectivity index (χ1) is 10.5. The number of halogens is 2. The van der Waals surface area contributed by atoms with Crippen LogP contribution in [0.15, 0.2) is 54.6 Å². The van der Waals surface area contributed by atoms with Gasteiger partial charge in [0.05, 0.1) is 10.7 Å². The van der Waals surface area contributed by atoms with Gasteiger partial charge in [0.25, 0.3) is 0 Å². The van der Waals surface area contributed by atoms with Gasteiger partial charge in [0.15, 0.2) is 5.78 Å². The minimum Gasteiger partial charge on any atom is -0.293 e. The molecule has 0 aliphatic rings. The smallest absolute Gasteiger partial charge is 0.212 e. The lowest BCUT2D eigenvalue weighted by atomic mass is 9.91. The van der Waals surface area contributed by atoms with E-state index in [4.69, 9.17) is 11.6 Å². The maximum Gasteiger partial charge on any atom is 0.212 e. The average Bonchev–Trinajstić information content (AvgIpc) is 2.52. The zero-order chi connectivity index (χ0) is 16.1. The van der Waals surface area contributed by atoms with E-state index in [-0.39, 0.29) is 12.3 Å². The highest BCUT2D eigenvalue weighted by molar-refractivity contribution is 9.10. The first-order valence-electron chi connectivity index (χ1n) is 6.59. The molecule has 0 aromatic heterocycles. The molecular weight excluding hydrogens is 370 g/mol. The molecule has 2 rings (SSSR count). The van der Waals surface area contributed by atoms with Gasteiger partial charge in [-0.1, -0.05) is 57.9 Å². The molecule has 0 aliphatic carbocycles. The van der Waals surface area contributed by atoms with E-state index in [9.17, 15) is 14.9 Å². The van der Waals surface area contributed by atoms with Gasteiger partial charge in [-0.2, -0.15) is 0 Å². The highest BCUT2D eigenvalue weighted by Gasteiger charge is 2.31. The molecule has 114 valence electrons. The highest BCUT2D eigenvalue weighted by Crippen LogP contribution is 2.28. The van der Waals surface area contributed by atoms with Gasteiger partial charge < -0.3 is 0 Å². The third kappa shape index (κ3) is 4.15. The van der Waals surface area contributed by atoms with E-state index in [1.165, 1.54) is 0 Å². The van der Waals surface area contributed by atoms with Crippen molar-refractivity contribution in [2.24, 2.45) is 0 Å². The van der Waals surface area contributed by atoms with E-state index >= 15 is 0 Å². The largest absolute Gasteiger partial charge is 0.293 e. The molecule has 0 aliphatic heterocycles. The van der Waals surface area contributed by atoms with Crippen molar-refractivity contribution in [3.05, 3.63) is 80.9 Å². The Morgan fingerprint density at radius 1 is 1.14 bits per heavy atom. The number of carbonyl (C=O) groups is 1. The van der Waals surface area contributed by atoms with Crippen molar-refractivity contribution in [3.63, 3.8) is 0 Å². The van der Waals surface area contributed by atoms with Gasteiger partial charge in [-0.05, 0) is 29.8 Å². The normalized spacial score (nSPS) is 13.4. The van der Waals surface area contributed by atoms with Crippen molar-refractivity contribution in [1.29, 1.82) is 0 Å². The first-order valence-corrected chi connectivity index (χ1v) is 7.89. The van der Waals surface area contributed by atoms with Crippen LogP contribution >= 0.6 is 27.5 Å². The van der Waals surface area contributed by atoms with E-state index in [1.807, 2.05) is 6.07 Å². The molecule has 0 spiro atoms. The standard InChI is InChI=1S/C16H13BrClNO3/c17-15(16(20)12-6-8-13(18)9-7-12)14(10-19(21)22)11-4-2-1-3-5-11/h1-9,14-15H,10H2/t14-,15-/m0/s1. The lowest BCUT2D eigenvalue weighted by molar-refractivity contribution is -0.483. The Balaban J connectivity index is 2.28. The number of hydrogen-bond donors (Lipinski definition) is 0. The average molecular weight is 383 g/mol. The number of nitro groups is 1. The molecule has 0 saturated carbocycles. The molecule has 22 heavy (non-hydrogen) atoms. The Kier molecular flexibility index (Phi) is 5.69. The Hall–Kier alpha value is -1.72. The number of nitrogens with zero attached hydrogens (tertiary/aromatic N) is 1. The third-order valence-electron chi connectivity index (χ3n) is 3.31. The van der Waals surface area contributed by atoms with Crippen LogP contribution in [-0.4, -0.2) is 22.1 Å². The van der Waals surface area contributed by atoms with Crippen LogP contribution in [0.5, 0.6) is 0 Å². The van der Waals surface area contributed by atoms with Gasteiger partial charge in [-0.3, -0.25) is 14.9 Å². The number of carbonyl (C=O) groups excluding carboxylic acids is 1. The van der Waals surface area contributed by atoms with Gasteiger partial charge in [0.2, 0.25) is 6.54 Å². The summed E-state index contributed by atoms with van der Waals surface area (Å²) in [4.78, 5) is 22.4. The van der Waals surface area contributed by atoms with Crippen LogP contribution in [0, 0.1) is 10.1 Å². The fourth-order valence-corrected chi connectivity index (χ4v) is 3.05. The van der Waals surface area contributed by atoms with Gasteiger partial charge in [-0.25, -0.2) is 0 Å². The SMILES string of the molecule is O=C(c1ccc(Cl)cc1)[C@@H](Br)[C@@H](C[N+](=O)[O-])c1ccccc1. The predicted octanol–water partition coefficient (Wildman–Crippen LogP) is 4.35. The number of rotatable bonds is 6. The molecule has 6 heteroatoms. The van der Waals surface area contributed by atoms with Crippen molar-refractivity contribution >= 4 is 33.3 Å². The van der Waals surface area contributed by atoms with Crippen LogP contribution in [0.1, 0.15) is 21.8 Å². The van der Waals surface area contributed by atoms with Gasteiger partial charge >= 0.3 is 0 Å². The maximum absolute atomic E-state index is 12.5. The zero-order valence-corrected chi connectivity index (χ0v) is 13.8. The topological polar surface area (TPSA) is 60.2 Å². The van der Waals surface area contributed by atoms with Gasteiger partial charge in [-0.15, -0.1) is 0 Å². The second-order valence-electron chi connectivity index (χ2n) is 4.81. The van der Waals surface area contributed by atoms with Crippen LogP contribution < -0.4 is 0 Å². The van der Waals surface area contributed by atoms with Crippen LogP contribution in [0.3, 0.4) is 0 Å². The second-order valence-corrected chi connectivity index (χ2v) is 6.23. The molecule has 0 saturated heterocycles. The molecule has 2 aromatic rings. The van der Waals surface area contributed by atoms with E-state index < -0.39 is 15.7 Å². The Bertz CT molecular complexity index is 661. The van der Waals surface area contributed by atoms with E-state index in [1.54, 1.807) is 48.5 Å². The number of hydrogen-bond acceptors (Lipinski definition) is 3. The monoisotopic (exact) mass is 381 g/mol. The molecule has 2 aromatic carbocycles. The summed E-state index contributed by atoms with van der Waals surface area (Å²) in [6, 6.07) is 15.5. The first kappa shape index (κ1) is 16.6. The predicted molar refractivity (Wildman–Crippen MR) is 89.5 cm³/mol. The number of benzene rings is 2. The van der Waals surface area contributed by atoms with Crippen molar-refractivity contribution in [2.45, 2.75) is 10.7 Å². The minimum absolute atomic E-state index is 0.202. The zero-order valence-electron chi connectivity index (χ0n) is 11.5. The second kappa shape index (κ2) is 7.51.